The number of ether oxygens (including phenoxy) is 1. The lowest BCUT2D eigenvalue weighted by Crippen LogP contribution is -2.31. The Morgan fingerprint density at radius 1 is 1.30 bits per heavy atom. The molecule has 0 spiro atoms. The van der Waals surface area contributed by atoms with Crippen molar-refractivity contribution in [2.24, 2.45) is 0 Å². The lowest BCUT2D eigenvalue weighted by molar-refractivity contribution is 0.0912. The molecule has 2 rings (SSSR count). The molecule has 0 bridgehead atoms. The van der Waals surface area contributed by atoms with Gasteiger partial charge in [0, 0.05) is 11.3 Å². The molecule has 1 aromatic heterocycles. The number of hydrogen-bond donors (Lipinski definition) is 1. The van der Waals surface area contributed by atoms with E-state index in [2.05, 4.69) is 4.98 Å². The van der Waals surface area contributed by atoms with Crippen molar-refractivity contribution in [3.8, 4) is 5.75 Å². The van der Waals surface area contributed by atoms with Crippen molar-refractivity contribution in [1.82, 2.24) is 9.55 Å². The zero-order chi connectivity index (χ0) is 14.5. The molecular weight excluding hydrogens is 256 g/mol. The molecule has 0 aliphatic heterocycles. The van der Waals surface area contributed by atoms with E-state index in [1.165, 1.54) is 10.9 Å². The van der Waals surface area contributed by atoms with Crippen LogP contribution in [0.2, 0.25) is 0 Å². The predicted molar refractivity (Wildman–Crippen MR) is 75.9 cm³/mol. The van der Waals surface area contributed by atoms with Crippen LogP contribution >= 0.6 is 0 Å². The second kappa shape index (κ2) is 6.34. The van der Waals surface area contributed by atoms with E-state index in [0.29, 0.717) is 17.0 Å². The van der Waals surface area contributed by atoms with Crippen molar-refractivity contribution in [3.63, 3.8) is 0 Å². The first-order chi connectivity index (χ1) is 9.58. The van der Waals surface area contributed by atoms with Crippen LogP contribution in [-0.4, -0.2) is 27.4 Å². The number of benzene rings is 1. The number of aliphatic hydroxyl groups is 1. The highest BCUT2D eigenvalue weighted by molar-refractivity contribution is 5.20. The van der Waals surface area contributed by atoms with Crippen molar-refractivity contribution in [3.05, 3.63) is 58.3 Å². The molecule has 0 saturated heterocycles. The zero-order valence-corrected chi connectivity index (χ0v) is 11.6. The summed E-state index contributed by atoms with van der Waals surface area (Å²) >= 11 is 0. The fourth-order valence-corrected chi connectivity index (χ4v) is 1.79. The summed E-state index contributed by atoms with van der Waals surface area (Å²) in [6.07, 6.45) is 0.688. The molecular formula is C15H18N2O3. The van der Waals surface area contributed by atoms with Crippen molar-refractivity contribution in [2.45, 2.75) is 26.5 Å². The molecule has 0 fully saturated rings. The van der Waals surface area contributed by atoms with Crippen molar-refractivity contribution < 1.29 is 9.84 Å². The molecule has 0 saturated carbocycles. The third-order valence-electron chi connectivity index (χ3n) is 3.11. The Labute approximate surface area is 117 Å². The Hall–Kier alpha value is -2.14. The zero-order valence-electron chi connectivity index (χ0n) is 11.6. The van der Waals surface area contributed by atoms with Crippen LogP contribution in [0.5, 0.6) is 5.75 Å². The van der Waals surface area contributed by atoms with Crippen LogP contribution in [-0.2, 0) is 6.54 Å². The summed E-state index contributed by atoms with van der Waals surface area (Å²) in [5.74, 6) is 0.692. The summed E-state index contributed by atoms with van der Waals surface area (Å²) in [4.78, 5) is 16.1. The largest absolute Gasteiger partial charge is 0.491 e. The highest BCUT2D eigenvalue weighted by atomic mass is 16.5. The molecule has 0 amide bonds. The topological polar surface area (TPSA) is 64.3 Å². The first-order valence-electron chi connectivity index (χ1n) is 6.46. The first-order valence-corrected chi connectivity index (χ1v) is 6.46. The van der Waals surface area contributed by atoms with E-state index >= 15 is 0 Å². The molecule has 106 valence electrons. The minimum atomic E-state index is -0.767. The monoisotopic (exact) mass is 274 g/mol. The Bertz CT molecular complexity index is 623. The Balaban J connectivity index is 1.97. The van der Waals surface area contributed by atoms with Gasteiger partial charge in [0.05, 0.1) is 12.9 Å². The number of hydrogen-bond acceptors (Lipinski definition) is 4. The predicted octanol–water partition coefficient (Wildman–Crippen LogP) is 1.30. The highest BCUT2D eigenvalue weighted by Crippen LogP contribution is 2.08. The summed E-state index contributed by atoms with van der Waals surface area (Å²) in [6.45, 7) is 3.81. The lowest BCUT2D eigenvalue weighted by Gasteiger charge is -2.14. The van der Waals surface area contributed by atoms with E-state index in [1.807, 2.05) is 30.3 Å². The quantitative estimate of drug-likeness (QED) is 0.892. The fraction of sp³-hybridized carbons (Fsp3) is 0.333. The lowest BCUT2D eigenvalue weighted by atomic mass is 10.2. The van der Waals surface area contributed by atoms with Crippen LogP contribution in [0.3, 0.4) is 0 Å². The van der Waals surface area contributed by atoms with Gasteiger partial charge >= 0.3 is 0 Å². The molecule has 2 aromatic rings. The Kier molecular flexibility index (Phi) is 4.53. The number of aliphatic hydroxyl groups excluding tert-OH is 1. The second-order valence-electron chi connectivity index (χ2n) is 4.69. The molecule has 1 atom stereocenters. The fourth-order valence-electron chi connectivity index (χ4n) is 1.79. The van der Waals surface area contributed by atoms with Crippen LogP contribution in [0.1, 0.15) is 11.3 Å². The maximum absolute atomic E-state index is 12.0. The highest BCUT2D eigenvalue weighted by Gasteiger charge is 2.10. The van der Waals surface area contributed by atoms with E-state index in [1.54, 1.807) is 13.8 Å². The second-order valence-corrected chi connectivity index (χ2v) is 4.69. The van der Waals surface area contributed by atoms with Gasteiger partial charge in [0.15, 0.2) is 0 Å². The van der Waals surface area contributed by atoms with Crippen LogP contribution in [0.15, 0.2) is 41.5 Å². The van der Waals surface area contributed by atoms with Crippen LogP contribution in [0.25, 0.3) is 0 Å². The van der Waals surface area contributed by atoms with Gasteiger partial charge in [0.25, 0.3) is 5.56 Å². The van der Waals surface area contributed by atoms with Gasteiger partial charge in [0.2, 0.25) is 0 Å². The molecule has 5 heteroatoms. The molecule has 0 aliphatic carbocycles. The summed E-state index contributed by atoms with van der Waals surface area (Å²) < 4.78 is 6.85. The van der Waals surface area contributed by atoms with Crippen LogP contribution < -0.4 is 10.3 Å². The van der Waals surface area contributed by atoms with E-state index in [0.717, 1.165) is 0 Å². The SMILES string of the molecule is Cc1ncn(C[C@H](O)COc2ccccc2)c(=O)c1C. The van der Waals surface area contributed by atoms with Gasteiger partial charge in [-0.15, -0.1) is 0 Å². The van der Waals surface area contributed by atoms with E-state index in [-0.39, 0.29) is 18.7 Å². The van der Waals surface area contributed by atoms with Gasteiger partial charge in [-0.25, -0.2) is 4.98 Å². The van der Waals surface area contributed by atoms with Gasteiger partial charge in [-0.05, 0) is 26.0 Å². The van der Waals surface area contributed by atoms with Crippen molar-refractivity contribution in [2.75, 3.05) is 6.61 Å². The van der Waals surface area contributed by atoms with Gasteiger partial charge in [-0.1, -0.05) is 18.2 Å². The molecule has 1 N–H and O–H groups in total. The Morgan fingerprint density at radius 2 is 2.00 bits per heavy atom. The van der Waals surface area contributed by atoms with Gasteiger partial charge in [0.1, 0.15) is 18.5 Å². The number of aryl methyl sites for hydroxylation is 1. The molecule has 0 radical (unpaired) electrons. The third-order valence-corrected chi connectivity index (χ3v) is 3.11. The maximum Gasteiger partial charge on any atom is 0.256 e. The molecule has 1 aromatic carbocycles. The normalized spacial score (nSPS) is 12.2. The summed E-state index contributed by atoms with van der Waals surface area (Å²) in [7, 11) is 0. The van der Waals surface area contributed by atoms with E-state index in [9.17, 15) is 9.90 Å². The average Bonchev–Trinajstić information content (AvgIpc) is 2.47. The summed E-state index contributed by atoms with van der Waals surface area (Å²) in [6, 6.07) is 9.25. The number of aromatic nitrogens is 2. The summed E-state index contributed by atoms with van der Waals surface area (Å²) in [5, 5.41) is 9.94. The molecule has 5 nitrogen and oxygen atoms in total. The molecule has 20 heavy (non-hydrogen) atoms. The van der Waals surface area contributed by atoms with E-state index < -0.39 is 6.10 Å². The standard InChI is InChI=1S/C15H18N2O3/c1-11-12(2)16-10-17(15(11)19)8-13(18)9-20-14-6-4-3-5-7-14/h3-7,10,13,18H,8-9H2,1-2H3/t13-/m0/s1. The van der Waals surface area contributed by atoms with Crippen molar-refractivity contribution in [1.29, 1.82) is 0 Å². The maximum atomic E-state index is 12.0. The molecule has 1 heterocycles. The minimum Gasteiger partial charge on any atom is -0.491 e. The third kappa shape index (κ3) is 3.45. The number of para-hydroxylation sites is 1. The number of rotatable bonds is 5. The van der Waals surface area contributed by atoms with Crippen molar-refractivity contribution >= 4 is 0 Å². The van der Waals surface area contributed by atoms with Crippen LogP contribution in [0, 0.1) is 13.8 Å². The van der Waals surface area contributed by atoms with Gasteiger partial charge in [-0.3, -0.25) is 9.36 Å². The smallest absolute Gasteiger partial charge is 0.256 e. The molecule has 0 unspecified atom stereocenters. The van der Waals surface area contributed by atoms with E-state index in [4.69, 9.17) is 4.74 Å². The first kappa shape index (κ1) is 14.3. The van der Waals surface area contributed by atoms with Gasteiger partial charge in [-0.2, -0.15) is 0 Å². The Morgan fingerprint density at radius 3 is 2.70 bits per heavy atom. The molecule has 0 aliphatic rings. The summed E-state index contributed by atoms with van der Waals surface area (Å²) in [5.41, 5.74) is 1.18. The number of nitrogens with zero attached hydrogens (tertiary/aromatic N) is 2. The average molecular weight is 274 g/mol. The van der Waals surface area contributed by atoms with Crippen LogP contribution in [0.4, 0.5) is 0 Å². The van der Waals surface area contributed by atoms with Gasteiger partial charge < -0.3 is 9.84 Å². The minimum absolute atomic E-state index is 0.128.